The van der Waals surface area contributed by atoms with E-state index in [4.69, 9.17) is 4.42 Å². The van der Waals surface area contributed by atoms with Gasteiger partial charge >= 0.3 is 0 Å². The Morgan fingerprint density at radius 3 is 1.86 bits per heavy atom. The number of unbranched alkanes of at least 4 members (excludes halogenated alkanes) is 9. The van der Waals surface area contributed by atoms with Crippen LogP contribution in [-0.4, -0.2) is 21.1 Å². The molecule has 0 atom stereocenters. The summed E-state index contributed by atoms with van der Waals surface area (Å²) >= 11 is 0. The van der Waals surface area contributed by atoms with Gasteiger partial charge in [-0.1, -0.05) is 64.7 Å². The first-order chi connectivity index (χ1) is 10.1. The van der Waals surface area contributed by atoms with Gasteiger partial charge in [0.25, 0.3) is 5.88 Å². The lowest BCUT2D eigenvalue weighted by atomic mass is 10.0. The first-order valence-corrected chi connectivity index (χ1v) is 8.94. The van der Waals surface area contributed by atoms with Gasteiger partial charge in [-0.25, -0.2) is 0 Å². The third-order valence-electron chi connectivity index (χ3n) is 4.13. The third-order valence-corrected chi connectivity index (χ3v) is 4.13. The van der Waals surface area contributed by atoms with Crippen molar-refractivity contribution in [1.82, 2.24) is 4.48 Å². The zero-order valence-corrected chi connectivity index (χ0v) is 14.8. The van der Waals surface area contributed by atoms with E-state index in [1.165, 1.54) is 69.8 Å². The van der Waals surface area contributed by atoms with E-state index in [2.05, 4.69) is 34.1 Å². The number of hydrogen-bond acceptors (Lipinski definition) is 1. The molecule has 0 unspecified atom stereocenters. The highest BCUT2D eigenvalue weighted by molar-refractivity contribution is 5.39. The summed E-state index contributed by atoms with van der Waals surface area (Å²) in [6.45, 7) is 2.28. The van der Waals surface area contributed by atoms with Crippen molar-refractivity contribution in [3.8, 4) is 0 Å². The van der Waals surface area contributed by atoms with Crippen molar-refractivity contribution in [2.24, 2.45) is 0 Å². The van der Waals surface area contributed by atoms with Crippen LogP contribution >= 0.6 is 0 Å². The maximum Gasteiger partial charge on any atom is 0.299 e. The van der Waals surface area contributed by atoms with Crippen LogP contribution in [-0.2, 0) is 6.42 Å². The van der Waals surface area contributed by atoms with Crippen molar-refractivity contribution in [3.05, 3.63) is 17.9 Å². The van der Waals surface area contributed by atoms with Crippen molar-refractivity contribution in [3.63, 3.8) is 0 Å². The Bertz CT molecular complexity index is 362. The molecule has 0 aliphatic carbocycles. The summed E-state index contributed by atoms with van der Waals surface area (Å²) < 4.78 is 6.42. The number of aryl methyl sites for hydroxylation is 1. The molecule has 2 heteroatoms. The summed E-state index contributed by atoms with van der Waals surface area (Å²) in [6.07, 6.45) is 17.0. The Balaban J connectivity index is 2.04. The van der Waals surface area contributed by atoms with Crippen LogP contribution in [0.3, 0.4) is 0 Å². The lowest BCUT2D eigenvalue weighted by molar-refractivity contribution is 0.377. The molecule has 0 saturated heterocycles. The monoisotopic (exact) mass is 294 g/mol. The first-order valence-electron chi connectivity index (χ1n) is 8.94. The molecule has 0 amide bonds. The van der Waals surface area contributed by atoms with Crippen LogP contribution in [0.2, 0.25) is 0 Å². The second kappa shape index (κ2) is 10.0. The lowest BCUT2D eigenvalue weighted by Crippen LogP contribution is -2.35. The Hall–Kier alpha value is -0.760. The molecule has 0 aliphatic heterocycles. The SMILES string of the molecule is CCCCCCCCCCCCc1ccoc1[N+](C)(C)C. The fourth-order valence-electron chi connectivity index (χ4n) is 2.91. The zero-order valence-electron chi connectivity index (χ0n) is 14.8. The molecule has 0 N–H and O–H groups in total. The van der Waals surface area contributed by atoms with Gasteiger partial charge < -0.3 is 4.42 Å². The predicted octanol–water partition coefficient (Wildman–Crippen LogP) is 5.94. The Morgan fingerprint density at radius 1 is 0.810 bits per heavy atom. The molecule has 0 spiro atoms. The Labute approximate surface area is 132 Å². The van der Waals surface area contributed by atoms with Crippen LogP contribution in [0.4, 0.5) is 5.88 Å². The summed E-state index contributed by atoms with van der Waals surface area (Å²) in [4.78, 5) is 0. The number of hydrogen-bond donors (Lipinski definition) is 0. The number of nitrogens with zero attached hydrogens (tertiary/aromatic N) is 1. The van der Waals surface area contributed by atoms with Crippen molar-refractivity contribution >= 4 is 5.88 Å². The van der Waals surface area contributed by atoms with E-state index in [1.807, 2.05) is 6.26 Å². The summed E-state index contributed by atoms with van der Waals surface area (Å²) in [5.74, 6) is 1.12. The second-order valence-corrected chi connectivity index (χ2v) is 7.20. The molecule has 2 nitrogen and oxygen atoms in total. The van der Waals surface area contributed by atoms with Crippen molar-refractivity contribution < 1.29 is 4.42 Å². The molecule has 21 heavy (non-hydrogen) atoms. The number of rotatable bonds is 12. The first kappa shape index (κ1) is 18.3. The van der Waals surface area contributed by atoms with Gasteiger partial charge in [0, 0.05) is 0 Å². The molecule has 1 rings (SSSR count). The summed E-state index contributed by atoms with van der Waals surface area (Å²) in [5.41, 5.74) is 1.39. The Kier molecular flexibility index (Phi) is 8.75. The van der Waals surface area contributed by atoms with Gasteiger partial charge in [-0.15, -0.1) is 0 Å². The normalized spacial score (nSPS) is 12.0. The third kappa shape index (κ3) is 7.71. The average Bonchev–Trinajstić information content (AvgIpc) is 2.89. The number of furan rings is 1. The molecule has 0 fully saturated rings. The van der Waals surface area contributed by atoms with Gasteiger partial charge in [0.05, 0.1) is 33.0 Å². The highest BCUT2D eigenvalue weighted by Crippen LogP contribution is 2.25. The van der Waals surface area contributed by atoms with Crippen molar-refractivity contribution in [2.75, 3.05) is 21.1 Å². The molecule has 1 heterocycles. The van der Waals surface area contributed by atoms with E-state index >= 15 is 0 Å². The summed E-state index contributed by atoms with van der Waals surface area (Å²) in [5, 5.41) is 0. The standard InChI is InChI=1S/C19H36NO/c1-5-6-7-8-9-10-11-12-13-14-15-18-16-17-21-19(18)20(2,3)4/h16-17H,5-15H2,1-4H3/q+1. The van der Waals surface area contributed by atoms with Crippen molar-refractivity contribution in [1.29, 1.82) is 0 Å². The molecule has 0 bridgehead atoms. The van der Waals surface area contributed by atoms with E-state index in [9.17, 15) is 0 Å². The van der Waals surface area contributed by atoms with Crippen LogP contribution in [0.25, 0.3) is 0 Å². The van der Waals surface area contributed by atoms with Crippen LogP contribution in [0.5, 0.6) is 0 Å². The van der Waals surface area contributed by atoms with Gasteiger partial charge in [0.2, 0.25) is 0 Å². The quantitative estimate of drug-likeness (QED) is 0.343. The Morgan fingerprint density at radius 2 is 1.33 bits per heavy atom. The van der Waals surface area contributed by atoms with Crippen LogP contribution in [0.15, 0.2) is 16.7 Å². The average molecular weight is 295 g/mol. The minimum absolute atomic E-state index is 0.778. The maximum absolute atomic E-state index is 5.64. The minimum atomic E-state index is 0.778. The van der Waals surface area contributed by atoms with Crippen molar-refractivity contribution in [2.45, 2.75) is 77.6 Å². The van der Waals surface area contributed by atoms with Crippen LogP contribution in [0, 0.1) is 0 Å². The van der Waals surface area contributed by atoms with Gasteiger partial charge in [0.15, 0.2) is 0 Å². The molecular weight excluding hydrogens is 258 g/mol. The molecule has 0 radical (unpaired) electrons. The van der Waals surface area contributed by atoms with Crippen LogP contribution in [0.1, 0.15) is 76.7 Å². The topological polar surface area (TPSA) is 13.1 Å². The van der Waals surface area contributed by atoms with E-state index < -0.39 is 0 Å². The predicted molar refractivity (Wildman–Crippen MR) is 93.8 cm³/mol. The van der Waals surface area contributed by atoms with Gasteiger partial charge in [-0.3, -0.25) is 4.48 Å². The second-order valence-electron chi connectivity index (χ2n) is 7.20. The smallest absolute Gasteiger partial charge is 0.299 e. The molecule has 0 saturated carbocycles. The van der Waals surface area contributed by atoms with Crippen LogP contribution < -0.4 is 4.48 Å². The fraction of sp³-hybridized carbons (Fsp3) is 0.789. The fourth-order valence-corrected chi connectivity index (χ4v) is 2.91. The lowest BCUT2D eigenvalue weighted by Gasteiger charge is -2.21. The van der Waals surface area contributed by atoms with E-state index in [-0.39, 0.29) is 0 Å². The zero-order chi connectivity index (χ0) is 15.6. The summed E-state index contributed by atoms with van der Waals surface area (Å²) in [7, 11) is 6.50. The highest BCUT2D eigenvalue weighted by Gasteiger charge is 2.20. The van der Waals surface area contributed by atoms with E-state index in [0.29, 0.717) is 0 Å². The molecule has 122 valence electrons. The molecule has 1 aromatic heterocycles. The van der Waals surface area contributed by atoms with E-state index in [0.717, 1.165) is 16.8 Å². The molecule has 1 aromatic rings. The van der Waals surface area contributed by atoms with Gasteiger partial charge in [0.1, 0.15) is 0 Å². The van der Waals surface area contributed by atoms with Gasteiger partial charge in [-0.2, -0.15) is 0 Å². The highest BCUT2D eigenvalue weighted by atomic mass is 16.3. The van der Waals surface area contributed by atoms with E-state index in [1.54, 1.807) is 0 Å². The molecule has 0 aliphatic rings. The maximum atomic E-state index is 5.64. The molecule has 0 aromatic carbocycles. The largest absolute Gasteiger partial charge is 0.420 e. The van der Waals surface area contributed by atoms with Gasteiger partial charge in [-0.05, 0) is 18.9 Å². The summed E-state index contributed by atoms with van der Waals surface area (Å²) in [6, 6.07) is 2.15. The number of quaternary nitrogens is 1. The molecular formula is C19H36NO+. The minimum Gasteiger partial charge on any atom is -0.420 e.